The zero-order valence-electron chi connectivity index (χ0n) is 17.7. The van der Waals surface area contributed by atoms with Gasteiger partial charge in [-0.15, -0.1) is 0 Å². The molecule has 6 nitrogen and oxygen atoms in total. The van der Waals surface area contributed by atoms with E-state index in [1.54, 1.807) is 23.2 Å². The van der Waals surface area contributed by atoms with Gasteiger partial charge in [0.05, 0.1) is 0 Å². The fourth-order valence-electron chi connectivity index (χ4n) is 6.82. The highest BCUT2D eigenvalue weighted by Gasteiger charge is 2.51. The molecular weight excluding hydrogens is 398 g/mol. The first-order chi connectivity index (χ1) is 14.4. The van der Waals surface area contributed by atoms with Crippen LogP contribution in [0.1, 0.15) is 45.4 Å². The molecule has 5 fully saturated rings. The summed E-state index contributed by atoms with van der Waals surface area (Å²) < 4.78 is 27.0. The van der Waals surface area contributed by atoms with Crippen molar-refractivity contribution in [2.75, 3.05) is 26.2 Å². The maximum absolute atomic E-state index is 13.0. The molecule has 2 heterocycles. The summed E-state index contributed by atoms with van der Waals surface area (Å²) in [6.45, 7) is 3.68. The third-order valence-electron chi connectivity index (χ3n) is 8.04. The van der Waals surface area contributed by atoms with E-state index in [0.29, 0.717) is 26.2 Å². The van der Waals surface area contributed by atoms with Crippen LogP contribution in [0.4, 0.5) is 0 Å². The fourth-order valence-corrected chi connectivity index (χ4v) is 8.21. The number of allylic oxidation sites excluding steroid dienone is 1. The highest BCUT2D eigenvalue weighted by atomic mass is 32.2. The maximum atomic E-state index is 13.0. The molecular formula is C23H31N3O3S. The molecule has 0 spiro atoms. The molecule has 30 heavy (non-hydrogen) atoms. The highest BCUT2D eigenvalue weighted by Crippen LogP contribution is 2.62. The van der Waals surface area contributed by atoms with Crippen LogP contribution < -0.4 is 0 Å². The number of piperazine rings is 1. The average Bonchev–Trinajstić information content (AvgIpc) is 2.73. The smallest absolute Gasteiger partial charge is 0.246 e. The van der Waals surface area contributed by atoms with Gasteiger partial charge in [-0.3, -0.25) is 9.78 Å². The highest BCUT2D eigenvalue weighted by molar-refractivity contribution is 7.89. The predicted octanol–water partition coefficient (Wildman–Crippen LogP) is 3.08. The predicted molar refractivity (Wildman–Crippen MR) is 114 cm³/mol. The SMILES string of the molecule is CC(=CC(=O)N1CCN(S(=O)(=O)c2cccnc2)CC1)C12CC3CC(CC(C3)C1)C2. The summed E-state index contributed by atoms with van der Waals surface area (Å²) in [4.78, 5) is 18.9. The van der Waals surface area contributed by atoms with Crippen LogP contribution >= 0.6 is 0 Å². The number of carbonyl (C=O) groups is 1. The summed E-state index contributed by atoms with van der Waals surface area (Å²) in [5.74, 6) is 2.62. The summed E-state index contributed by atoms with van der Waals surface area (Å²) >= 11 is 0. The second-order valence-corrected chi connectivity index (χ2v) is 11.9. The van der Waals surface area contributed by atoms with Gasteiger partial charge in [-0.1, -0.05) is 5.57 Å². The van der Waals surface area contributed by atoms with Crippen LogP contribution in [0.2, 0.25) is 0 Å². The molecule has 1 aromatic heterocycles. The Morgan fingerprint density at radius 2 is 1.67 bits per heavy atom. The maximum Gasteiger partial charge on any atom is 0.246 e. The molecule has 1 aliphatic heterocycles. The Morgan fingerprint density at radius 3 is 2.20 bits per heavy atom. The number of rotatable bonds is 4. The van der Waals surface area contributed by atoms with Crippen LogP contribution in [0.5, 0.6) is 0 Å². The molecule has 0 atom stereocenters. The van der Waals surface area contributed by atoms with Gasteiger partial charge in [-0.05, 0) is 80.8 Å². The summed E-state index contributed by atoms with van der Waals surface area (Å²) in [6.07, 6.45) is 12.8. The van der Waals surface area contributed by atoms with Gasteiger partial charge >= 0.3 is 0 Å². The van der Waals surface area contributed by atoms with E-state index in [-0.39, 0.29) is 16.2 Å². The average molecular weight is 430 g/mol. The van der Waals surface area contributed by atoms with E-state index in [9.17, 15) is 13.2 Å². The van der Waals surface area contributed by atoms with Crippen LogP contribution in [0.15, 0.2) is 41.1 Å². The minimum absolute atomic E-state index is 0.0432. The Labute approximate surface area is 179 Å². The molecule has 0 aromatic carbocycles. The molecule has 4 saturated carbocycles. The quantitative estimate of drug-likeness (QED) is 0.690. The Bertz CT molecular complexity index is 914. The lowest BCUT2D eigenvalue weighted by Gasteiger charge is -2.57. The number of nitrogens with zero attached hydrogens (tertiary/aromatic N) is 3. The van der Waals surface area contributed by atoms with Crippen molar-refractivity contribution in [3.05, 3.63) is 36.2 Å². The molecule has 1 aromatic rings. The Kier molecular flexibility index (Phi) is 5.01. The molecule has 1 amide bonds. The van der Waals surface area contributed by atoms with Crippen LogP contribution in [0, 0.1) is 23.2 Å². The zero-order valence-corrected chi connectivity index (χ0v) is 18.5. The van der Waals surface area contributed by atoms with Gasteiger partial charge in [-0.25, -0.2) is 8.42 Å². The van der Waals surface area contributed by atoms with Crippen molar-refractivity contribution in [3.63, 3.8) is 0 Å². The summed E-state index contributed by atoms with van der Waals surface area (Å²) in [5, 5.41) is 0. The summed E-state index contributed by atoms with van der Waals surface area (Å²) in [6, 6.07) is 3.20. The largest absolute Gasteiger partial charge is 0.337 e. The number of sulfonamides is 1. The number of pyridine rings is 1. The van der Waals surface area contributed by atoms with E-state index in [0.717, 1.165) is 17.8 Å². The lowest BCUT2D eigenvalue weighted by Crippen LogP contribution is -2.50. The minimum Gasteiger partial charge on any atom is -0.337 e. The Morgan fingerprint density at radius 1 is 1.07 bits per heavy atom. The molecule has 4 aliphatic carbocycles. The monoisotopic (exact) mass is 429 g/mol. The van der Waals surface area contributed by atoms with Crippen LogP contribution in [-0.4, -0.2) is 54.7 Å². The lowest BCUT2D eigenvalue weighted by atomic mass is 9.48. The molecule has 6 rings (SSSR count). The summed E-state index contributed by atoms with van der Waals surface area (Å²) in [7, 11) is -3.55. The van der Waals surface area contributed by atoms with Crippen molar-refractivity contribution in [1.29, 1.82) is 0 Å². The van der Waals surface area contributed by atoms with Crippen LogP contribution in [0.3, 0.4) is 0 Å². The first-order valence-electron chi connectivity index (χ1n) is 11.2. The second kappa shape index (κ2) is 7.45. The number of aromatic nitrogens is 1. The van der Waals surface area contributed by atoms with Gasteiger partial charge in [0.2, 0.25) is 15.9 Å². The van der Waals surface area contributed by atoms with Gasteiger partial charge in [0.25, 0.3) is 0 Å². The van der Waals surface area contributed by atoms with E-state index in [4.69, 9.17) is 0 Å². The topological polar surface area (TPSA) is 70.6 Å². The molecule has 0 unspecified atom stereocenters. The lowest BCUT2D eigenvalue weighted by molar-refractivity contribution is -0.127. The van der Waals surface area contributed by atoms with E-state index in [1.165, 1.54) is 54.6 Å². The minimum atomic E-state index is -3.55. The first kappa shape index (κ1) is 20.2. The van der Waals surface area contributed by atoms with Gasteiger partial charge < -0.3 is 4.90 Å². The molecule has 0 N–H and O–H groups in total. The van der Waals surface area contributed by atoms with E-state index in [2.05, 4.69) is 11.9 Å². The third-order valence-corrected chi connectivity index (χ3v) is 9.92. The van der Waals surface area contributed by atoms with Gasteiger partial charge in [0.15, 0.2) is 0 Å². The summed E-state index contributed by atoms with van der Waals surface area (Å²) in [5.41, 5.74) is 1.51. The number of carbonyl (C=O) groups excluding carboxylic acids is 1. The first-order valence-corrected chi connectivity index (χ1v) is 12.7. The normalized spacial score (nSPS) is 34.4. The zero-order chi connectivity index (χ0) is 20.9. The van der Waals surface area contributed by atoms with E-state index >= 15 is 0 Å². The fraction of sp³-hybridized carbons (Fsp3) is 0.652. The van der Waals surface area contributed by atoms with E-state index < -0.39 is 10.0 Å². The van der Waals surface area contributed by atoms with Crippen molar-refractivity contribution in [1.82, 2.24) is 14.2 Å². The van der Waals surface area contributed by atoms with E-state index in [1.807, 2.05) is 6.08 Å². The molecule has 7 heteroatoms. The van der Waals surface area contributed by atoms with Crippen molar-refractivity contribution in [3.8, 4) is 0 Å². The number of amides is 1. The van der Waals surface area contributed by atoms with Crippen LogP contribution in [0.25, 0.3) is 0 Å². The van der Waals surface area contributed by atoms with Gasteiger partial charge in [-0.2, -0.15) is 4.31 Å². The number of hydrogen-bond donors (Lipinski definition) is 0. The standard InChI is InChI=1S/C23H31N3O3S/c1-17(23-13-18-10-19(14-23)12-20(11-18)15-23)9-22(27)25-5-7-26(8-6-25)30(28,29)21-3-2-4-24-16-21/h2-4,9,16,18-20H,5-8,10-15H2,1H3. The van der Waals surface area contributed by atoms with Crippen molar-refractivity contribution in [2.24, 2.45) is 23.2 Å². The Balaban J connectivity index is 1.24. The third kappa shape index (κ3) is 3.50. The van der Waals surface area contributed by atoms with Gasteiger partial charge in [0, 0.05) is 44.6 Å². The van der Waals surface area contributed by atoms with Crippen LogP contribution in [-0.2, 0) is 14.8 Å². The molecule has 4 bridgehead atoms. The van der Waals surface area contributed by atoms with Crippen molar-refractivity contribution in [2.45, 2.75) is 50.3 Å². The molecule has 0 radical (unpaired) electrons. The molecule has 5 aliphatic rings. The molecule has 162 valence electrons. The second-order valence-electron chi connectivity index (χ2n) is 9.94. The Hall–Kier alpha value is -1.73. The molecule has 1 saturated heterocycles. The van der Waals surface area contributed by atoms with Gasteiger partial charge in [0.1, 0.15) is 4.90 Å². The van der Waals surface area contributed by atoms with Crippen molar-refractivity contribution >= 4 is 15.9 Å². The van der Waals surface area contributed by atoms with Crippen molar-refractivity contribution < 1.29 is 13.2 Å². The number of hydrogen-bond acceptors (Lipinski definition) is 4.